The van der Waals surface area contributed by atoms with Crippen molar-refractivity contribution in [3.63, 3.8) is 0 Å². The Balaban J connectivity index is 0.00000320. The van der Waals surface area contributed by atoms with Crippen LogP contribution in [-0.4, -0.2) is 40.3 Å². The number of hydrogen-bond acceptors (Lipinski definition) is 3. The highest BCUT2D eigenvalue weighted by molar-refractivity contribution is 6.31. The maximum absolute atomic E-state index is 13.8. The molecule has 5 rings (SSSR count). The monoisotopic (exact) mass is 535 g/mol. The molecule has 0 unspecified atom stereocenters. The smallest absolute Gasteiger partial charge is 0.159 e. The van der Waals surface area contributed by atoms with E-state index in [-0.39, 0.29) is 23.2 Å². The highest BCUT2D eigenvalue weighted by atomic mass is 35.5. The summed E-state index contributed by atoms with van der Waals surface area (Å²) in [5.74, 6) is -0.334. The Hall–Kier alpha value is -3.25. The number of nitrogens with one attached hydrogen (secondary N) is 1. The van der Waals surface area contributed by atoms with Crippen molar-refractivity contribution in [3.8, 4) is 22.4 Å². The topological polar surface area (TPSA) is 49.0 Å². The van der Waals surface area contributed by atoms with Crippen LogP contribution in [0.2, 0.25) is 5.02 Å². The van der Waals surface area contributed by atoms with Gasteiger partial charge < -0.3 is 4.98 Å². The molecule has 190 valence electrons. The van der Waals surface area contributed by atoms with Crippen LogP contribution in [0.3, 0.4) is 0 Å². The number of ketones is 1. The molecule has 2 aromatic heterocycles. The zero-order valence-corrected chi connectivity index (χ0v) is 22.1. The normalized spacial score (nSPS) is 13.6. The van der Waals surface area contributed by atoms with Crippen LogP contribution < -0.4 is 0 Å². The second kappa shape index (κ2) is 11.9. The fourth-order valence-corrected chi connectivity index (χ4v) is 4.91. The van der Waals surface area contributed by atoms with E-state index in [1.54, 1.807) is 31.5 Å². The van der Waals surface area contributed by atoms with Crippen molar-refractivity contribution in [2.45, 2.75) is 19.8 Å². The van der Waals surface area contributed by atoms with Gasteiger partial charge in [-0.2, -0.15) is 0 Å². The first-order chi connectivity index (χ1) is 17.5. The SMILES string of the molecule is CC(=O)c1ccc(CCN2CC=C(c3c[nH]c(-c4ccc(F)c(Cl)c4)c3-c3ccncc3)CC2)cc1.Cl. The molecule has 0 bridgehead atoms. The highest BCUT2D eigenvalue weighted by Gasteiger charge is 2.21. The molecule has 0 aliphatic carbocycles. The maximum atomic E-state index is 13.8. The Kier molecular flexibility index (Phi) is 8.59. The summed E-state index contributed by atoms with van der Waals surface area (Å²) in [4.78, 5) is 21.5. The van der Waals surface area contributed by atoms with Gasteiger partial charge in [-0.1, -0.05) is 41.9 Å². The first kappa shape index (κ1) is 26.8. The van der Waals surface area contributed by atoms with Crippen LogP contribution >= 0.6 is 24.0 Å². The van der Waals surface area contributed by atoms with Gasteiger partial charge in [0, 0.05) is 60.5 Å². The van der Waals surface area contributed by atoms with E-state index in [9.17, 15) is 9.18 Å². The van der Waals surface area contributed by atoms with Gasteiger partial charge in [0.1, 0.15) is 5.82 Å². The van der Waals surface area contributed by atoms with E-state index < -0.39 is 5.82 Å². The fraction of sp³-hybridized carbons (Fsp3) is 0.200. The van der Waals surface area contributed by atoms with Crippen molar-refractivity contribution >= 4 is 35.4 Å². The minimum absolute atomic E-state index is 0. The maximum Gasteiger partial charge on any atom is 0.159 e. The molecular weight excluding hydrogens is 508 g/mol. The third-order valence-electron chi connectivity index (χ3n) is 6.77. The van der Waals surface area contributed by atoms with E-state index >= 15 is 0 Å². The van der Waals surface area contributed by atoms with Gasteiger partial charge in [0.05, 0.1) is 10.7 Å². The number of Topliss-reactive ketones (excluding diaryl/α,β-unsaturated/α-hetero) is 1. The van der Waals surface area contributed by atoms with Gasteiger partial charge in [-0.25, -0.2) is 4.39 Å². The Morgan fingerprint density at radius 1 is 1.08 bits per heavy atom. The first-order valence-electron chi connectivity index (χ1n) is 12.1. The fourth-order valence-electron chi connectivity index (χ4n) is 4.73. The molecule has 0 saturated heterocycles. The Morgan fingerprint density at radius 3 is 2.49 bits per heavy atom. The molecule has 2 aromatic carbocycles. The number of halogens is 3. The molecule has 0 spiro atoms. The van der Waals surface area contributed by atoms with Crippen LogP contribution in [0.25, 0.3) is 28.0 Å². The lowest BCUT2D eigenvalue weighted by Gasteiger charge is -2.26. The van der Waals surface area contributed by atoms with Gasteiger partial charge >= 0.3 is 0 Å². The van der Waals surface area contributed by atoms with Crippen LogP contribution in [0, 0.1) is 5.82 Å². The van der Waals surface area contributed by atoms with Gasteiger partial charge in [0.15, 0.2) is 5.78 Å². The van der Waals surface area contributed by atoms with Gasteiger partial charge in [0.25, 0.3) is 0 Å². The number of pyridine rings is 1. The summed E-state index contributed by atoms with van der Waals surface area (Å²) in [6.45, 7) is 4.40. The Morgan fingerprint density at radius 2 is 1.84 bits per heavy atom. The molecule has 7 heteroatoms. The number of H-pyrrole nitrogens is 1. The van der Waals surface area contributed by atoms with Crippen molar-refractivity contribution in [2.24, 2.45) is 0 Å². The van der Waals surface area contributed by atoms with Crippen LogP contribution in [0.15, 0.2) is 79.3 Å². The number of carbonyl (C=O) groups is 1. The molecule has 37 heavy (non-hydrogen) atoms. The van der Waals surface area contributed by atoms with E-state index in [0.717, 1.165) is 66.0 Å². The van der Waals surface area contributed by atoms with Crippen molar-refractivity contribution in [1.82, 2.24) is 14.9 Å². The number of hydrogen-bond donors (Lipinski definition) is 1. The largest absolute Gasteiger partial charge is 0.360 e. The second-order valence-corrected chi connectivity index (χ2v) is 9.51. The summed E-state index contributed by atoms with van der Waals surface area (Å²) in [6.07, 6.45) is 9.80. The van der Waals surface area contributed by atoms with Crippen molar-refractivity contribution in [2.75, 3.05) is 19.6 Å². The number of aromatic nitrogens is 2. The second-order valence-electron chi connectivity index (χ2n) is 9.10. The van der Waals surface area contributed by atoms with Crippen molar-refractivity contribution < 1.29 is 9.18 Å². The Bertz CT molecular complexity index is 1410. The molecule has 4 aromatic rings. The molecule has 1 N–H and O–H groups in total. The standard InChI is InChI=1S/C30H27ClFN3O.ClH/c1-20(36)22-4-2-21(3-5-22)10-15-35-16-11-23(12-17-35)26-19-34-30(25-6-7-28(32)27(31)18-25)29(26)24-8-13-33-14-9-24;/h2-9,11,13-14,18-19,34H,10,12,15-17H2,1H3;1H. The zero-order valence-electron chi connectivity index (χ0n) is 20.5. The van der Waals surface area contributed by atoms with E-state index in [1.165, 1.54) is 17.2 Å². The predicted molar refractivity (Wildman–Crippen MR) is 151 cm³/mol. The molecule has 4 nitrogen and oxygen atoms in total. The van der Waals surface area contributed by atoms with Crippen LogP contribution in [-0.2, 0) is 6.42 Å². The summed E-state index contributed by atoms with van der Waals surface area (Å²) in [7, 11) is 0. The first-order valence-corrected chi connectivity index (χ1v) is 12.5. The van der Waals surface area contributed by atoms with E-state index in [1.807, 2.05) is 42.6 Å². The molecule has 0 radical (unpaired) electrons. The van der Waals surface area contributed by atoms with Crippen molar-refractivity contribution in [1.29, 1.82) is 0 Å². The number of rotatable bonds is 7. The van der Waals surface area contributed by atoms with E-state index in [2.05, 4.69) is 20.9 Å². The average Bonchev–Trinajstić information content (AvgIpc) is 3.35. The zero-order chi connectivity index (χ0) is 25.1. The molecule has 1 aliphatic heterocycles. The molecule has 0 saturated carbocycles. The number of nitrogens with zero attached hydrogens (tertiary/aromatic N) is 2. The number of benzene rings is 2. The molecular formula is C30H28Cl2FN3O. The quantitative estimate of drug-likeness (QED) is 0.249. The predicted octanol–water partition coefficient (Wildman–Crippen LogP) is 7.49. The summed E-state index contributed by atoms with van der Waals surface area (Å²) >= 11 is 6.10. The summed E-state index contributed by atoms with van der Waals surface area (Å²) < 4.78 is 13.8. The summed E-state index contributed by atoms with van der Waals surface area (Å²) in [6, 6.07) is 16.7. The highest BCUT2D eigenvalue weighted by Crippen LogP contribution is 2.40. The molecule has 0 fully saturated rings. The molecule has 1 aliphatic rings. The average molecular weight is 536 g/mol. The third kappa shape index (κ3) is 6.02. The summed E-state index contributed by atoms with van der Waals surface area (Å²) in [5, 5.41) is 0.104. The van der Waals surface area contributed by atoms with Gasteiger partial charge in [-0.05, 0) is 66.8 Å². The van der Waals surface area contributed by atoms with Gasteiger partial charge in [-0.3, -0.25) is 14.7 Å². The van der Waals surface area contributed by atoms with Crippen LogP contribution in [0.1, 0.15) is 34.8 Å². The molecule has 3 heterocycles. The number of carbonyl (C=O) groups excluding carboxylic acids is 1. The van der Waals surface area contributed by atoms with Crippen LogP contribution in [0.5, 0.6) is 0 Å². The summed E-state index contributed by atoms with van der Waals surface area (Å²) in [5.41, 5.74) is 8.31. The number of aromatic amines is 1. The van der Waals surface area contributed by atoms with Gasteiger partial charge in [0.2, 0.25) is 0 Å². The van der Waals surface area contributed by atoms with Gasteiger partial charge in [-0.15, -0.1) is 12.4 Å². The van der Waals surface area contributed by atoms with Crippen LogP contribution in [0.4, 0.5) is 4.39 Å². The lowest BCUT2D eigenvalue weighted by Crippen LogP contribution is -2.30. The minimum Gasteiger partial charge on any atom is -0.360 e. The lowest BCUT2D eigenvalue weighted by molar-refractivity contribution is 0.101. The molecule has 0 atom stereocenters. The van der Waals surface area contributed by atoms with Crippen molar-refractivity contribution in [3.05, 3.63) is 107 Å². The van der Waals surface area contributed by atoms with E-state index in [0.29, 0.717) is 0 Å². The van der Waals surface area contributed by atoms with E-state index in [4.69, 9.17) is 11.6 Å². The third-order valence-corrected chi connectivity index (χ3v) is 7.06. The minimum atomic E-state index is -0.428. The molecule has 0 amide bonds. The lowest BCUT2D eigenvalue weighted by atomic mass is 9.92. The Labute approximate surface area is 227 Å².